The fraction of sp³-hybridized carbons (Fsp3) is 0.500. The summed E-state index contributed by atoms with van der Waals surface area (Å²) < 4.78 is 1.73. The van der Waals surface area contributed by atoms with Crippen LogP contribution in [0.5, 0.6) is 0 Å². The van der Waals surface area contributed by atoms with E-state index >= 15 is 0 Å². The molecule has 23 heavy (non-hydrogen) atoms. The van der Waals surface area contributed by atoms with Gasteiger partial charge in [0.15, 0.2) is 0 Å². The molecule has 0 aromatic carbocycles. The van der Waals surface area contributed by atoms with Gasteiger partial charge in [0.05, 0.1) is 12.5 Å². The fourth-order valence-corrected chi connectivity index (χ4v) is 2.92. The van der Waals surface area contributed by atoms with Gasteiger partial charge in [-0.05, 0) is 26.7 Å². The summed E-state index contributed by atoms with van der Waals surface area (Å²) in [5.74, 6) is 0.950. The van der Waals surface area contributed by atoms with Crippen LogP contribution in [-0.2, 0) is 7.05 Å². The Labute approximate surface area is 135 Å². The molecule has 1 fully saturated rings. The molecule has 3 heterocycles. The summed E-state index contributed by atoms with van der Waals surface area (Å²) in [7, 11) is 1.82. The van der Waals surface area contributed by atoms with E-state index in [4.69, 9.17) is 0 Å². The number of imidazole rings is 1. The summed E-state index contributed by atoms with van der Waals surface area (Å²) >= 11 is 0. The molecular weight excluding hydrogens is 292 g/mol. The SMILES string of the molecule is Cc1ncnc(N2CCC(NC(=O)c3cncn3C)CC2)c1C. The van der Waals surface area contributed by atoms with E-state index in [1.54, 1.807) is 23.4 Å². The number of rotatable bonds is 3. The predicted molar refractivity (Wildman–Crippen MR) is 87.4 cm³/mol. The van der Waals surface area contributed by atoms with E-state index in [1.807, 2.05) is 14.0 Å². The lowest BCUT2D eigenvalue weighted by molar-refractivity contribution is 0.0923. The number of carbonyl (C=O) groups excluding carboxylic acids is 1. The first-order chi connectivity index (χ1) is 11.1. The Morgan fingerprint density at radius 1 is 1.26 bits per heavy atom. The molecule has 1 N–H and O–H groups in total. The number of anilines is 1. The van der Waals surface area contributed by atoms with Crippen LogP contribution >= 0.6 is 0 Å². The molecule has 1 aliphatic rings. The number of nitrogens with zero attached hydrogens (tertiary/aromatic N) is 5. The van der Waals surface area contributed by atoms with Crippen molar-refractivity contribution in [2.75, 3.05) is 18.0 Å². The standard InChI is InChI=1S/C16H22N6O/c1-11-12(2)18-9-19-15(11)22-6-4-13(5-7-22)20-16(23)14-8-17-10-21(14)3/h8-10,13H,4-7H2,1-3H3,(H,20,23). The quantitative estimate of drug-likeness (QED) is 0.922. The van der Waals surface area contributed by atoms with Gasteiger partial charge in [0.2, 0.25) is 0 Å². The third-order valence-corrected chi connectivity index (χ3v) is 4.49. The van der Waals surface area contributed by atoms with Crippen molar-refractivity contribution in [3.63, 3.8) is 0 Å². The second-order valence-electron chi connectivity index (χ2n) is 6.03. The number of nitrogens with one attached hydrogen (secondary N) is 1. The molecule has 1 aliphatic heterocycles. The van der Waals surface area contributed by atoms with Gasteiger partial charge in [0, 0.05) is 37.4 Å². The van der Waals surface area contributed by atoms with Gasteiger partial charge in [-0.1, -0.05) is 0 Å². The fourth-order valence-electron chi connectivity index (χ4n) is 2.92. The van der Waals surface area contributed by atoms with E-state index < -0.39 is 0 Å². The number of aryl methyl sites for hydroxylation is 2. The number of hydrogen-bond acceptors (Lipinski definition) is 5. The minimum absolute atomic E-state index is 0.0579. The van der Waals surface area contributed by atoms with Crippen molar-refractivity contribution in [2.24, 2.45) is 7.05 Å². The number of aromatic nitrogens is 4. The van der Waals surface area contributed by atoms with Crippen LogP contribution in [0.25, 0.3) is 0 Å². The second kappa shape index (κ2) is 6.36. The number of hydrogen-bond donors (Lipinski definition) is 1. The van der Waals surface area contributed by atoms with Crippen LogP contribution in [0.15, 0.2) is 18.9 Å². The topological polar surface area (TPSA) is 75.9 Å². The third kappa shape index (κ3) is 3.18. The van der Waals surface area contributed by atoms with E-state index in [2.05, 4.69) is 32.1 Å². The van der Waals surface area contributed by atoms with Crippen molar-refractivity contribution in [3.8, 4) is 0 Å². The molecule has 0 unspecified atom stereocenters. The average Bonchev–Trinajstić information content (AvgIpc) is 2.97. The van der Waals surface area contributed by atoms with Crippen LogP contribution in [0.1, 0.15) is 34.6 Å². The zero-order valence-corrected chi connectivity index (χ0v) is 13.8. The van der Waals surface area contributed by atoms with E-state index in [9.17, 15) is 4.79 Å². The van der Waals surface area contributed by atoms with E-state index in [0.29, 0.717) is 5.69 Å². The van der Waals surface area contributed by atoms with Crippen molar-refractivity contribution >= 4 is 11.7 Å². The van der Waals surface area contributed by atoms with Crippen LogP contribution in [0.3, 0.4) is 0 Å². The molecule has 7 nitrogen and oxygen atoms in total. The molecular formula is C16H22N6O. The highest BCUT2D eigenvalue weighted by molar-refractivity contribution is 5.92. The normalized spacial score (nSPS) is 15.7. The maximum atomic E-state index is 12.2. The van der Waals surface area contributed by atoms with Gasteiger partial charge in [0.25, 0.3) is 5.91 Å². The Morgan fingerprint density at radius 2 is 2.00 bits per heavy atom. The molecule has 2 aromatic rings. The van der Waals surface area contributed by atoms with Crippen molar-refractivity contribution < 1.29 is 4.79 Å². The second-order valence-corrected chi connectivity index (χ2v) is 6.03. The maximum absolute atomic E-state index is 12.2. The first-order valence-corrected chi connectivity index (χ1v) is 7.86. The molecule has 0 atom stereocenters. The molecule has 0 aliphatic carbocycles. The van der Waals surface area contributed by atoms with Crippen molar-refractivity contribution in [3.05, 3.63) is 35.8 Å². The minimum atomic E-state index is -0.0579. The van der Waals surface area contributed by atoms with Crippen molar-refractivity contribution in [1.82, 2.24) is 24.8 Å². The molecule has 7 heteroatoms. The summed E-state index contributed by atoms with van der Waals surface area (Å²) in [5.41, 5.74) is 2.74. The lowest BCUT2D eigenvalue weighted by Crippen LogP contribution is -2.45. The first kappa shape index (κ1) is 15.5. The molecule has 0 saturated carbocycles. The Bertz CT molecular complexity index is 702. The van der Waals surface area contributed by atoms with Crippen LogP contribution in [0, 0.1) is 13.8 Å². The smallest absolute Gasteiger partial charge is 0.269 e. The largest absolute Gasteiger partial charge is 0.356 e. The molecule has 0 radical (unpaired) electrons. The van der Waals surface area contributed by atoms with Gasteiger partial charge in [-0.3, -0.25) is 4.79 Å². The molecule has 122 valence electrons. The minimum Gasteiger partial charge on any atom is -0.356 e. The van der Waals surface area contributed by atoms with Crippen LogP contribution in [0.2, 0.25) is 0 Å². The number of carbonyl (C=O) groups is 1. The zero-order valence-electron chi connectivity index (χ0n) is 13.8. The Morgan fingerprint density at radius 3 is 2.65 bits per heavy atom. The highest BCUT2D eigenvalue weighted by Gasteiger charge is 2.24. The van der Waals surface area contributed by atoms with E-state index in [0.717, 1.165) is 43.0 Å². The lowest BCUT2D eigenvalue weighted by atomic mass is 10.0. The average molecular weight is 314 g/mol. The summed E-state index contributed by atoms with van der Waals surface area (Å²) in [4.78, 5) is 27.1. The molecule has 0 spiro atoms. The predicted octanol–water partition coefficient (Wildman–Crippen LogP) is 1.23. The number of amides is 1. The molecule has 3 rings (SSSR count). The summed E-state index contributed by atoms with van der Waals surface area (Å²) in [5, 5.41) is 3.10. The van der Waals surface area contributed by atoms with Gasteiger partial charge in [-0.2, -0.15) is 0 Å². The van der Waals surface area contributed by atoms with Gasteiger partial charge in [0.1, 0.15) is 17.8 Å². The van der Waals surface area contributed by atoms with Gasteiger partial charge < -0.3 is 14.8 Å². The Balaban J connectivity index is 1.59. The monoisotopic (exact) mass is 314 g/mol. The highest BCUT2D eigenvalue weighted by atomic mass is 16.2. The van der Waals surface area contributed by atoms with Crippen LogP contribution in [-0.4, -0.2) is 44.6 Å². The van der Waals surface area contributed by atoms with Gasteiger partial charge in [-0.25, -0.2) is 15.0 Å². The Kier molecular flexibility index (Phi) is 4.27. The summed E-state index contributed by atoms with van der Waals surface area (Å²) in [6, 6.07) is 0.192. The molecule has 2 aromatic heterocycles. The number of piperidine rings is 1. The maximum Gasteiger partial charge on any atom is 0.269 e. The van der Waals surface area contributed by atoms with Gasteiger partial charge in [-0.15, -0.1) is 0 Å². The molecule has 0 bridgehead atoms. The zero-order chi connectivity index (χ0) is 16.4. The van der Waals surface area contributed by atoms with Crippen molar-refractivity contribution in [2.45, 2.75) is 32.7 Å². The van der Waals surface area contributed by atoms with Crippen molar-refractivity contribution in [1.29, 1.82) is 0 Å². The molecule has 1 amide bonds. The van der Waals surface area contributed by atoms with Crippen LogP contribution < -0.4 is 10.2 Å². The molecule has 1 saturated heterocycles. The van der Waals surface area contributed by atoms with E-state index in [1.165, 1.54) is 0 Å². The summed E-state index contributed by atoms with van der Waals surface area (Å²) in [6.45, 7) is 5.82. The third-order valence-electron chi connectivity index (χ3n) is 4.49. The lowest BCUT2D eigenvalue weighted by Gasteiger charge is -2.34. The highest BCUT2D eigenvalue weighted by Crippen LogP contribution is 2.22. The first-order valence-electron chi connectivity index (χ1n) is 7.86. The Hall–Kier alpha value is -2.44. The van der Waals surface area contributed by atoms with Crippen LogP contribution in [0.4, 0.5) is 5.82 Å². The summed E-state index contributed by atoms with van der Waals surface area (Å²) in [6.07, 6.45) is 6.67. The van der Waals surface area contributed by atoms with Gasteiger partial charge >= 0.3 is 0 Å². The van der Waals surface area contributed by atoms with E-state index in [-0.39, 0.29) is 11.9 Å².